The second-order valence-corrected chi connectivity index (χ2v) is 3.63. The minimum atomic E-state index is -4.78. The van der Waals surface area contributed by atoms with E-state index in [1.807, 2.05) is 0 Å². The lowest BCUT2D eigenvalue weighted by Gasteiger charge is -2.05. The van der Waals surface area contributed by atoms with Crippen molar-refractivity contribution in [3.05, 3.63) is 42.1 Å². The van der Waals surface area contributed by atoms with E-state index < -0.39 is 18.4 Å². The van der Waals surface area contributed by atoms with Gasteiger partial charge in [0.05, 0.1) is 5.52 Å². The van der Waals surface area contributed by atoms with E-state index in [4.69, 9.17) is 0 Å². The van der Waals surface area contributed by atoms with Gasteiger partial charge in [-0.2, -0.15) is 13.2 Å². The summed E-state index contributed by atoms with van der Waals surface area (Å²) in [6.07, 6.45) is -3.87. The molecule has 17 heavy (non-hydrogen) atoms. The Bertz CT molecular complexity index is 563. The van der Waals surface area contributed by atoms with Gasteiger partial charge in [-0.3, -0.25) is 9.78 Å². The summed E-state index contributed by atoms with van der Waals surface area (Å²) in [6, 6.07) is 8.20. The van der Waals surface area contributed by atoms with E-state index in [0.29, 0.717) is 11.1 Å². The van der Waals surface area contributed by atoms with Gasteiger partial charge in [0.2, 0.25) is 5.78 Å². The van der Waals surface area contributed by atoms with Crippen molar-refractivity contribution in [2.75, 3.05) is 0 Å². The van der Waals surface area contributed by atoms with Crippen molar-refractivity contribution < 1.29 is 18.0 Å². The van der Waals surface area contributed by atoms with Gasteiger partial charge in [-0.1, -0.05) is 18.2 Å². The minimum absolute atomic E-state index is 0.318. The number of ketones is 1. The molecule has 0 unspecified atom stereocenters. The molecule has 1 aromatic carbocycles. The standard InChI is InChI=1S/C12H8F3NO/c13-12(14,15)11(17)7-8-3-4-9-2-1-5-16-10(9)6-8/h1-6H,7H2. The first-order chi connectivity index (χ1) is 7.97. The largest absolute Gasteiger partial charge is 0.450 e. The lowest BCUT2D eigenvalue weighted by Crippen LogP contribution is -2.24. The van der Waals surface area contributed by atoms with Crippen LogP contribution in [0.2, 0.25) is 0 Å². The van der Waals surface area contributed by atoms with Gasteiger partial charge in [0.1, 0.15) is 0 Å². The number of alkyl halides is 3. The maximum Gasteiger partial charge on any atom is 0.450 e. The molecule has 0 bridgehead atoms. The van der Waals surface area contributed by atoms with E-state index in [2.05, 4.69) is 4.98 Å². The van der Waals surface area contributed by atoms with Crippen LogP contribution in [-0.2, 0) is 11.2 Å². The Balaban J connectivity index is 2.29. The number of Topliss-reactive ketones (excluding diaryl/α,β-unsaturated/α-hetero) is 1. The minimum Gasteiger partial charge on any atom is -0.289 e. The van der Waals surface area contributed by atoms with Gasteiger partial charge in [0.15, 0.2) is 0 Å². The normalized spacial score (nSPS) is 11.7. The van der Waals surface area contributed by atoms with Gasteiger partial charge < -0.3 is 0 Å². The molecule has 0 amide bonds. The van der Waals surface area contributed by atoms with Crippen LogP contribution in [0.5, 0.6) is 0 Å². The van der Waals surface area contributed by atoms with E-state index >= 15 is 0 Å². The van der Waals surface area contributed by atoms with E-state index in [1.165, 1.54) is 12.1 Å². The predicted octanol–water partition coefficient (Wildman–Crippen LogP) is 2.91. The molecular weight excluding hydrogens is 231 g/mol. The van der Waals surface area contributed by atoms with E-state index in [0.717, 1.165) is 5.39 Å². The van der Waals surface area contributed by atoms with Crippen LogP contribution in [0.15, 0.2) is 36.5 Å². The fraction of sp³-hybridized carbons (Fsp3) is 0.167. The Kier molecular flexibility index (Phi) is 2.83. The molecule has 0 saturated heterocycles. The first-order valence-corrected chi connectivity index (χ1v) is 4.90. The lowest BCUT2D eigenvalue weighted by atomic mass is 10.1. The number of rotatable bonds is 2. The number of benzene rings is 1. The molecule has 2 nitrogen and oxygen atoms in total. The monoisotopic (exact) mass is 239 g/mol. The zero-order chi connectivity index (χ0) is 12.5. The van der Waals surface area contributed by atoms with Crippen molar-refractivity contribution in [2.45, 2.75) is 12.6 Å². The average molecular weight is 239 g/mol. The molecule has 1 heterocycles. The Hall–Kier alpha value is -1.91. The molecule has 0 radical (unpaired) electrons. The molecule has 2 aromatic rings. The fourth-order valence-electron chi connectivity index (χ4n) is 1.51. The number of carbonyl (C=O) groups excluding carboxylic acids is 1. The highest BCUT2D eigenvalue weighted by Gasteiger charge is 2.37. The quantitative estimate of drug-likeness (QED) is 0.806. The van der Waals surface area contributed by atoms with Crippen molar-refractivity contribution >= 4 is 16.7 Å². The highest BCUT2D eigenvalue weighted by molar-refractivity contribution is 5.87. The van der Waals surface area contributed by atoms with Crippen molar-refractivity contribution in [1.82, 2.24) is 4.98 Å². The number of fused-ring (bicyclic) bond motifs is 1. The van der Waals surface area contributed by atoms with Gasteiger partial charge >= 0.3 is 6.18 Å². The van der Waals surface area contributed by atoms with Crippen molar-refractivity contribution in [3.63, 3.8) is 0 Å². The van der Waals surface area contributed by atoms with Crippen molar-refractivity contribution in [1.29, 1.82) is 0 Å². The number of hydrogen-bond acceptors (Lipinski definition) is 2. The Morgan fingerprint density at radius 1 is 1.24 bits per heavy atom. The van der Waals surface area contributed by atoms with Crippen LogP contribution in [-0.4, -0.2) is 16.9 Å². The molecule has 0 fully saturated rings. The number of pyridine rings is 1. The second kappa shape index (κ2) is 4.16. The van der Waals surface area contributed by atoms with Gasteiger partial charge in [0.25, 0.3) is 0 Å². The number of aromatic nitrogens is 1. The van der Waals surface area contributed by atoms with Crippen molar-refractivity contribution in [2.24, 2.45) is 0 Å². The van der Waals surface area contributed by atoms with Crippen LogP contribution in [0.1, 0.15) is 5.56 Å². The molecule has 0 N–H and O–H groups in total. The number of hydrogen-bond donors (Lipinski definition) is 0. The van der Waals surface area contributed by atoms with Gasteiger partial charge in [0, 0.05) is 18.0 Å². The Morgan fingerprint density at radius 2 is 2.00 bits per heavy atom. The smallest absolute Gasteiger partial charge is 0.289 e. The zero-order valence-electron chi connectivity index (χ0n) is 8.66. The number of nitrogens with zero attached hydrogens (tertiary/aromatic N) is 1. The van der Waals surface area contributed by atoms with Crippen LogP contribution in [0.3, 0.4) is 0 Å². The van der Waals surface area contributed by atoms with Crippen molar-refractivity contribution in [3.8, 4) is 0 Å². The highest BCUT2D eigenvalue weighted by atomic mass is 19.4. The van der Waals surface area contributed by atoms with E-state index in [-0.39, 0.29) is 0 Å². The van der Waals surface area contributed by atoms with Gasteiger partial charge in [-0.05, 0) is 17.7 Å². The summed E-state index contributed by atoms with van der Waals surface area (Å²) in [6.45, 7) is 0. The van der Waals surface area contributed by atoms with Crippen LogP contribution < -0.4 is 0 Å². The van der Waals surface area contributed by atoms with E-state index in [1.54, 1.807) is 24.4 Å². The zero-order valence-corrected chi connectivity index (χ0v) is 8.66. The summed E-state index contributed by atoms with van der Waals surface area (Å²) in [5, 5.41) is 0.829. The van der Waals surface area contributed by atoms with Crippen LogP contribution in [0.25, 0.3) is 10.9 Å². The molecule has 0 aliphatic heterocycles. The highest BCUT2D eigenvalue weighted by Crippen LogP contribution is 2.20. The molecule has 0 aliphatic carbocycles. The molecule has 2 rings (SSSR count). The van der Waals surface area contributed by atoms with Gasteiger partial charge in [-0.25, -0.2) is 0 Å². The molecular formula is C12H8F3NO. The molecule has 5 heteroatoms. The van der Waals surface area contributed by atoms with Crippen LogP contribution >= 0.6 is 0 Å². The fourth-order valence-corrected chi connectivity index (χ4v) is 1.51. The molecule has 0 spiro atoms. The summed E-state index contributed by atoms with van der Waals surface area (Å²) in [5.41, 5.74) is 0.901. The summed E-state index contributed by atoms with van der Waals surface area (Å²) in [4.78, 5) is 14.8. The predicted molar refractivity (Wildman–Crippen MR) is 56.5 cm³/mol. The Labute approximate surface area is 95.1 Å². The third-order valence-corrected chi connectivity index (χ3v) is 2.35. The summed E-state index contributed by atoms with van der Waals surface area (Å²) >= 11 is 0. The number of carbonyl (C=O) groups is 1. The topological polar surface area (TPSA) is 30.0 Å². The molecule has 0 atom stereocenters. The first kappa shape index (κ1) is 11.6. The molecule has 0 aliphatic rings. The second-order valence-electron chi connectivity index (χ2n) is 3.63. The lowest BCUT2D eigenvalue weighted by molar-refractivity contribution is -0.170. The molecule has 0 saturated carbocycles. The first-order valence-electron chi connectivity index (χ1n) is 4.90. The molecule has 1 aromatic heterocycles. The van der Waals surface area contributed by atoms with Crippen LogP contribution in [0, 0.1) is 0 Å². The SMILES string of the molecule is O=C(Cc1ccc2cccnc2c1)C(F)(F)F. The maximum absolute atomic E-state index is 12.1. The van der Waals surface area contributed by atoms with Crippen LogP contribution in [0.4, 0.5) is 13.2 Å². The molecule has 88 valence electrons. The third kappa shape index (κ3) is 2.61. The summed E-state index contributed by atoms with van der Waals surface area (Å²) < 4.78 is 36.3. The number of halogens is 3. The van der Waals surface area contributed by atoms with Gasteiger partial charge in [-0.15, -0.1) is 0 Å². The average Bonchev–Trinajstić information content (AvgIpc) is 2.27. The summed E-state index contributed by atoms with van der Waals surface area (Å²) in [5.74, 6) is -1.74. The third-order valence-electron chi connectivity index (χ3n) is 2.35. The Morgan fingerprint density at radius 3 is 2.71 bits per heavy atom. The van der Waals surface area contributed by atoms with E-state index in [9.17, 15) is 18.0 Å². The summed E-state index contributed by atoms with van der Waals surface area (Å²) in [7, 11) is 0. The maximum atomic E-state index is 12.1.